The van der Waals surface area contributed by atoms with Gasteiger partial charge in [-0.15, -0.1) is 0 Å². The Morgan fingerprint density at radius 2 is 1.61 bits per heavy atom. The van der Waals surface area contributed by atoms with Crippen LogP contribution in [0.15, 0.2) is 0 Å². The Labute approximate surface area is 110 Å². The van der Waals surface area contributed by atoms with Gasteiger partial charge in [0.15, 0.2) is 0 Å². The Balaban J connectivity index is 4.12. The van der Waals surface area contributed by atoms with Crippen molar-refractivity contribution >= 4 is 11.8 Å². The molecule has 1 unspecified atom stereocenters. The van der Waals surface area contributed by atoms with Gasteiger partial charge in [0.05, 0.1) is 5.60 Å². The van der Waals surface area contributed by atoms with Gasteiger partial charge in [0.25, 0.3) is 0 Å². The van der Waals surface area contributed by atoms with Crippen molar-refractivity contribution in [2.75, 3.05) is 6.61 Å². The molecule has 2 amide bonds. The van der Waals surface area contributed by atoms with Crippen molar-refractivity contribution in [3.63, 3.8) is 0 Å². The van der Waals surface area contributed by atoms with E-state index in [2.05, 4.69) is 10.6 Å². The number of hydrogen-bond donors (Lipinski definition) is 2. The Kier molecular flexibility index (Phi) is 5.80. The van der Waals surface area contributed by atoms with E-state index in [1.807, 2.05) is 41.5 Å². The van der Waals surface area contributed by atoms with Gasteiger partial charge in [-0.2, -0.15) is 0 Å². The molecule has 0 heterocycles. The minimum absolute atomic E-state index is 0.0450. The fraction of sp³-hybridized carbons (Fsp3) is 0.846. The Hall–Kier alpha value is -1.10. The molecule has 0 aromatic heterocycles. The number of rotatable bonds is 4. The predicted octanol–water partition coefficient (Wildman–Crippen LogP) is 1.22. The standard InChI is InChI=1S/C13H26N2O3/c1-9(11(17)15-12(2,3)4)14-10(16)8-18-13(5,6)7/h9H,8H2,1-7H3,(H,14,16)(H,15,17). The molecule has 0 radical (unpaired) electrons. The summed E-state index contributed by atoms with van der Waals surface area (Å²) in [6.07, 6.45) is 0. The molecule has 0 aliphatic rings. The van der Waals surface area contributed by atoms with Crippen LogP contribution in [0.25, 0.3) is 0 Å². The molecule has 0 fully saturated rings. The van der Waals surface area contributed by atoms with E-state index in [9.17, 15) is 9.59 Å². The average molecular weight is 258 g/mol. The second-order valence-corrected chi connectivity index (χ2v) is 6.43. The van der Waals surface area contributed by atoms with Crippen LogP contribution in [-0.2, 0) is 14.3 Å². The first kappa shape index (κ1) is 16.9. The monoisotopic (exact) mass is 258 g/mol. The van der Waals surface area contributed by atoms with Gasteiger partial charge >= 0.3 is 0 Å². The van der Waals surface area contributed by atoms with Crippen molar-refractivity contribution in [3.8, 4) is 0 Å². The zero-order valence-corrected chi connectivity index (χ0v) is 12.5. The fourth-order valence-electron chi connectivity index (χ4n) is 1.11. The number of carbonyl (C=O) groups is 2. The molecule has 0 bridgehead atoms. The lowest BCUT2D eigenvalue weighted by Crippen LogP contribution is -2.51. The second-order valence-electron chi connectivity index (χ2n) is 6.43. The molecule has 0 saturated heterocycles. The molecule has 0 saturated carbocycles. The third kappa shape index (κ3) is 8.98. The van der Waals surface area contributed by atoms with Crippen LogP contribution in [0.4, 0.5) is 0 Å². The molecule has 0 aliphatic carbocycles. The summed E-state index contributed by atoms with van der Waals surface area (Å²) in [6, 6.07) is -0.569. The third-order valence-electron chi connectivity index (χ3n) is 1.91. The molecule has 18 heavy (non-hydrogen) atoms. The van der Waals surface area contributed by atoms with Crippen LogP contribution in [0.2, 0.25) is 0 Å². The van der Waals surface area contributed by atoms with Gasteiger partial charge in [-0.05, 0) is 48.5 Å². The molecule has 0 spiro atoms. The van der Waals surface area contributed by atoms with Crippen molar-refractivity contribution in [1.82, 2.24) is 10.6 Å². The maximum Gasteiger partial charge on any atom is 0.246 e. The highest BCUT2D eigenvalue weighted by molar-refractivity contribution is 5.88. The normalized spacial score (nSPS) is 13.9. The van der Waals surface area contributed by atoms with E-state index in [1.165, 1.54) is 0 Å². The summed E-state index contributed by atoms with van der Waals surface area (Å²) in [7, 11) is 0. The molecule has 5 nitrogen and oxygen atoms in total. The SMILES string of the molecule is CC(NC(=O)COC(C)(C)C)C(=O)NC(C)(C)C. The smallest absolute Gasteiger partial charge is 0.246 e. The fourth-order valence-corrected chi connectivity index (χ4v) is 1.11. The van der Waals surface area contributed by atoms with Gasteiger partial charge < -0.3 is 15.4 Å². The van der Waals surface area contributed by atoms with E-state index in [-0.39, 0.29) is 29.6 Å². The maximum atomic E-state index is 11.7. The van der Waals surface area contributed by atoms with E-state index in [1.54, 1.807) is 6.92 Å². The number of nitrogens with one attached hydrogen (secondary N) is 2. The van der Waals surface area contributed by atoms with Crippen molar-refractivity contribution in [3.05, 3.63) is 0 Å². The molecule has 0 aromatic rings. The first-order chi connectivity index (χ1) is 7.91. The van der Waals surface area contributed by atoms with Crippen LogP contribution in [0.3, 0.4) is 0 Å². The molecule has 5 heteroatoms. The number of amides is 2. The lowest BCUT2D eigenvalue weighted by atomic mass is 10.1. The van der Waals surface area contributed by atoms with Crippen molar-refractivity contribution in [2.45, 2.75) is 65.6 Å². The summed E-state index contributed by atoms with van der Waals surface area (Å²) in [5.41, 5.74) is -0.674. The highest BCUT2D eigenvalue weighted by Gasteiger charge is 2.21. The largest absolute Gasteiger partial charge is 0.366 e. The van der Waals surface area contributed by atoms with Crippen LogP contribution in [0, 0.1) is 0 Å². The second kappa shape index (κ2) is 6.18. The molecular weight excluding hydrogens is 232 g/mol. The summed E-state index contributed by atoms with van der Waals surface area (Å²) in [5.74, 6) is -0.493. The summed E-state index contributed by atoms with van der Waals surface area (Å²) in [4.78, 5) is 23.3. The Morgan fingerprint density at radius 1 is 1.11 bits per heavy atom. The quantitative estimate of drug-likeness (QED) is 0.796. The molecule has 0 aromatic carbocycles. The predicted molar refractivity (Wildman–Crippen MR) is 71.2 cm³/mol. The van der Waals surface area contributed by atoms with E-state index >= 15 is 0 Å². The summed E-state index contributed by atoms with van der Waals surface area (Å²) in [5, 5.41) is 5.40. The van der Waals surface area contributed by atoms with Gasteiger partial charge in [-0.1, -0.05) is 0 Å². The van der Waals surface area contributed by atoms with E-state index in [0.29, 0.717) is 0 Å². The van der Waals surface area contributed by atoms with Crippen molar-refractivity contribution in [2.24, 2.45) is 0 Å². The molecule has 106 valence electrons. The van der Waals surface area contributed by atoms with E-state index in [0.717, 1.165) is 0 Å². The van der Waals surface area contributed by atoms with Gasteiger partial charge in [-0.25, -0.2) is 0 Å². The van der Waals surface area contributed by atoms with Gasteiger partial charge in [0.2, 0.25) is 11.8 Å². The van der Waals surface area contributed by atoms with E-state index in [4.69, 9.17) is 4.74 Å². The van der Waals surface area contributed by atoms with Crippen LogP contribution in [0.5, 0.6) is 0 Å². The Bertz CT molecular complexity index is 300. The molecule has 1 atom stereocenters. The van der Waals surface area contributed by atoms with Gasteiger partial charge in [-0.3, -0.25) is 9.59 Å². The lowest BCUT2D eigenvalue weighted by molar-refractivity contribution is -0.134. The maximum absolute atomic E-state index is 11.7. The minimum Gasteiger partial charge on any atom is -0.366 e. The van der Waals surface area contributed by atoms with Crippen LogP contribution >= 0.6 is 0 Å². The van der Waals surface area contributed by atoms with Crippen molar-refractivity contribution in [1.29, 1.82) is 0 Å². The highest BCUT2D eigenvalue weighted by Crippen LogP contribution is 2.05. The molecule has 0 aliphatic heterocycles. The highest BCUT2D eigenvalue weighted by atomic mass is 16.5. The zero-order valence-electron chi connectivity index (χ0n) is 12.5. The summed E-state index contributed by atoms with van der Waals surface area (Å²) in [6.45, 7) is 12.9. The summed E-state index contributed by atoms with van der Waals surface area (Å²) >= 11 is 0. The topological polar surface area (TPSA) is 67.4 Å². The van der Waals surface area contributed by atoms with Crippen LogP contribution in [0.1, 0.15) is 48.5 Å². The number of ether oxygens (including phenoxy) is 1. The average Bonchev–Trinajstić information content (AvgIpc) is 2.10. The van der Waals surface area contributed by atoms with Gasteiger partial charge in [0, 0.05) is 5.54 Å². The van der Waals surface area contributed by atoms with Gasteiger partial charge in [0.1, 0.15) is 12.6 Å². The Morgan fingerprint density at radius 3 is 2.00 bits per heavy atom. The van der Waals surface area contributed by atoms with E-state index < -0.39 is 6.04 Å². The van der Waals surface area contributed by atoms with Crippen LogP contribution < -0.4 is 10.6 Å². The minimum atomic E-state index is -0.569. The third-order valence-corrected chi connectivity index (χ3v) is 1.91. The lowest BCUT2D eigenvalue weighted by Gasteiger charge is -2.24. The molecule has 0 rings (SSSR count). The zero-order chi connectivity index (χ0) is 14.6. The van der Waals surface area contributed by atoms with Crippen molar-refractivity contribution < 1.29 is 14.3 Å². The number of hydrogen-bond acceptors (Lipinski definition) is 3. The first-order valence-electron chi connectivity index (χ1n) is 6.16. The molecular formula is C13H26N2O3. The summed E-state index contributed by atoms with van der Waals surface area (Å²) < 4.78 is 5.33. The van der Waals surface area contributed by atoms with Crippen LogP contribution in [-0.4, -0.2) is 35.6 Å². The first-order valence-corrected chi connectivity index (χ1v) is 6.16. The molecule has 2 N–H and O–H groups in total. The number of carbonyl (C=O) groups excluding carboxylic acids is 2.